The summed E-state index contributed by atoms with van der Waals surface area (Å²) in [4.78, 5) is 14.2. The topological polar surface area (TPSA) is 26.3 Å². The molecule has 0 aromatic heterocycles. The zero-order valence-electron chi connectivity index (χ0n) is 11.2. The standard InChI is InChI=1S/C15H18O2S/c1-10(2)12-13(14(16)15(3,4)17-12)18-11-8-6-5-7-9-11/h5-10H,1-4H3. The summed E-state index contributed by atoms with van der Waals surface area (Å²) in [6.07, 6.45) is 0. The number of ketones is 1. The minimum Gasteiger partial charge on any atom is -0.482 e. The van der Waals surface area contributed by atoms with Crippen LogP contribution in [-0.2, 0) is 9.53 Å². The molecule has 0 radical (unpaired) electrons. The van der Waals surface area contributed by atoms with Gasteiger partial charge >= 0.3 is 0 Å². The van der Waals surface area contributed by atoms with E-state index < -0.39 is 5.60 Å². The zero-order valence-corrected chi connectivity index (χ0v) is 12.0. The van der Waals surface area contributed by atoms with Crippen molar-refractivity contribution in [3.05, 3.63) is 41.0 Å². The molecule has 0 saturated carbocycles. The van der Waals surface area contributed by atoms with Crippen LogP contribution in [-0.4, -0.2) is 11.4 Å². The number of carbonyl (C=O) groups excluding carboxylic acids is 1. The molecule has 0 unspecified atom stereocenters. The maximum Gasteiger partial charge on any atom is 0.215 e. The van der Waals surface area contributed by atoms with E-state index in [2.05, 4.69) is 13.8 Å². The number of hydrogen-bond acceptors (Lipinski definition) is 3. The van der Waals surface area contributed by atoms with Crippen LogP contribution in [0.3, 0.4) is 0 Å². The molecule has 0 fully saturated rings. The maximum atomic E-state index is 12.3. The predicted molar refractivity (Wildman–Crippen MR) is 74.3 cm³/mol. The van der Waals surface area contributed by atoms with Crippen molar-refractivity contribution >= 4 is 17.5 Å². The van der Waals surface area contributed by atoms with Crippen LogP contribution in [0.1, 0.15) is 27.7 Å². The van der Waals surface area contributed by atoms with Gasteiger partial charge in [-0.25, -0.2) is 0 Å². The predicted octanol–water partition coefficient (Wildman–Crippen LogP) is 4.02. The fraction of sp³-hybridized carbons (Fsp3) is 0.400. The number of thioether (sulfide) groups is 1. The Morgan fingerprint density at radius 2 is 1.78 bits per heavy atom. The molecular formula is C15H18O2S. The first-order chi connectivity index (χ1) is 8.42. The van der Waals surface area contributed by atoms with E-state index in [0.717, 1.165) is 15.6 Å². The fourth-order valence-electron chi connectivity index (χ4n) is 1.84. The van der Waals surface area contributed by atoms with Gasteiger partial charge in [-0.15, -0.1) is 0 Å². The molecule has 2 nitrogen and oxygen atoms in total. The van der Waals surface area contributed by atoms with Crippen LogP contribution in [0.4, 0.5) is 0 Å². The van der Waals surface area contributed by atoms with Gasteiger partial charge in [0.15, 0.2) is 5.60 Å². The molecule has 2 rings (SSSR count). The zero-order chi connectivity index (χ0) is 13.3. The number of hydrogen-bond donors (Lipinski definition) is 0. The monoisotopic (exact) mass is 262 g/mol. The molecule has 0 spiro atoms. The normalized spacial score (nSPS) is 18.4. The molecule has 18 heavy (non-hydrogen) atoms. The summed E-state index contributed by atoms with van der Waals surface area (Å²) in [5.41, 5.74) is -0.725. The Balaban J connectivity index is 2.33. The number of benzene rings is 1. The molecular weight excluding hydrogens is 244 g/mol. The summed E-state index contributed by atoms with van der Waals surface area (Å²) >= 11 is 1.50. The van der Waals surface area contributed by atoms with E-state index in [-0.39, 0.29) is 11.7 Å². The number of carbonyl (C=O) groups is 1. The Kier molecular flexibility index (Phi) is 3.53. The first kappa shape index (κ1) is 13.2. The summed E-state index contributed by atoms with van der Waals surface area (Å²) in [6, 6.07) is 9.94. The Morgan fingerprint density at radius 3 is 2.33 bits per heavy atom. The second kappa shape index (κ2) is 4.81. The third kappa shape index (κ3) is 2.46. The minimum absolute atomic E-state index is 0.0834. The van der Waals surface area contributed by atoms with Gasteiger partial charge in [0.05, 0.1) is 4.91 Å². The number of Topliss-reactive ketones (excluding diaryl/α,β-unsaturated/α-hetero) is 1. The largest absolute Gasteiger partial charge is 0.482 e. The summed E-state index contributed by atoms with van der Waals surface area (Å²) in [5.74, 6) is 1.13. The van der Waals surface area contributed by atoms with Crippen LogP contribution >= 0.6 is 11.8 Å². The first-order valence-electron chi connectivity index (χ1n) is 6.12. The maximum absolute atomic E-state index is 12.3. The van der Waals surface area contributed by atoms with Crippen molar-refractivity contribution < 1.29 is 9.53 Å². The van der Waals surface area contributed by atoms with Gasteiger partial charge in [0.1, 0.15) is 5.76 Å². The summed E-state index contributed by atoms with van der Waals surface area (Å²) in [6.45, 7) is 7.76. The van der Waals surface area contributed by atoms with Gasteiger partial charge in [0.25, 0.3) is 0 Å². The Hall–Kier alpha value is -1.22. The molecule has 0 amide bonds. The van der Waals surface area contributed by atoms with Crippen LogP contribution in [0.2, 0.25) is 0 Å². The Labute approximate surface area is 112 Å². The third-order valence-corrected chi connectivity index (χ3v) is 3.93. The van der Waals surface area contributed by atoms with Crippen molar-refractivity contribution in [2.45, 2.75) is 38.2 Å². The minimum atomic E-state index is -0.725. The quantitative estimate of drug-likeness (QED) is 0.823. The van der Waals surface area contributed by atoms with Gasteiger partial charge in [-0.1, -0.05) is 43.8 Å². The number of allylic oxidation sites excluding steroid dienone is 1. The highest BCUT2D eigenvalue weighted by Gasteiger charge is 2.42. The van der Waals surface area contributed by atoms with E-state index in [0.29, 0.717) is 0 Å². The molecule has 0 saturated heterocycles. The molecule has 1 aliphatic heterocycles. The average molecular weight is 262 g/mol. The first-order valence-corrected chi connectivity index (χ1v) is 6.94. The van der Waals surface area contributed by atoms with Crippen molar-refractivity contribution in [1.29, 1.82) is 0 Å². The van der Waals surface area contributed by atoms with Gasteiger partial charge in [0.2, 0.25) is 5.78 Å². The van der Waals surface area contributed by atoms with Crippen molar-refractivity contribution in [1.82, 2.24) is 0 Å². The molecule has 3 heteroatoms. The van der Waals surface area contributed by atoms with E-state index in [9.17, 15) is 4.79 Å². The second-order valence-electron chi connectivity index (χ2n) is 5.20. The van der Waals surface area contributed by atoms with Crippen molar-refractivity contribution in [3.8, 4) is 0 Å². The fourth-order valence-corrected chi connectivity index (χ4v) is 3.08. The van der Waals surface area contributed by atoms with Gasteiger partial charge in [0, 0.05) is 10.8 Å². The lowest BCUT2D eigenvalue weighted by molar-refractivity contribution is -0.127. The van der Waals surface area contributed by atoms with Crippen molar-refractivity contribution in [2.24, 2.45) is 5.92 Å². The van der Waals surface area contributed by atoms with Crippen LogP contribution in [0.15, 0.2) is 45.9 Å². The highest BCUT2D eigenvalue weighted by molar-refractivity contribution is 8.04. The summed E-state index contributed by atoms with van der Waals surface area (Å²) in [7, 11) is 0. The van der Waals surface area contributed by atoms with Crippen LogP contribution in [0.5, 0.6) is 0 Å². The molecule has 1 aromatic rings. The van der Waals surface area contributed by atoms with Gasteiger partial charge < -0.3 is 4.74 Å². The van der Waals surface area contributed by atoms with Crippen LogP contribution in [0, 0.1) is 5.92 Å². The molecule has 0 N–H and O–H groups in total. The Bertz CT molecular complexity index is 486. The van der Waals surface area contributed by atoms with E-state index in [1.54, 1.807) is 0 Å². The molecule has 0 bridgehead atoms. The molecule has 0 atom stereocenters. The van der Waals surface area contributed by atoms with E-state index in [1.807, 2.05) is 44.2 Å². The molecule has 1 aromatic carbocycles. The number of rotatable bonds is 3. The van der Waals surface area contributed by atoms with Crippen molar-refractivity contribution in [2.75, 3.05) is 0 Å². The van der Waals surface area contributed by atoms with E-state index >= 15 is 0 Å². The Morgan fingerprint density at radius 1 is 1.17 bits per heavy atom. The lowest BCUT2D eigenvalue weighted by Crippen LogP contribution is -2.29. The highest BCUT2D eigenvalue weighted by atomic mass is 32.2. The second-order valence-corrected chi connectivity index (χ2v) is 6.29. The molecule has 0 aliphatic carbocycles. The average Bonchev–Trinajstić information content (AvgIpc) is 2.54. The van der Waals surface area contributed by atoms with E-state index in [1.165, 1.54) is 11.8 Å². The number of ether oxygens (including phenoxy) is 1. The smallest absolute Gasteiger partial charge is 0.215 e. The van der Waals surface area contributed by atoms with Gasteiger partial charge in [-0.05, 0) is 26.0 Å². The van der Waals surface area contributed by atoms with Gasteiger partial charge in [-0.2, -0.15) is 0 Å². The lowest BCUT2D eigenvalue weighted by atomic mass is 10.1. The molecule has 96 valence electrons. The van der Waals surface area contributed by atoms with Crippen molar-refractivity contribution in [3.63, 3.8) is 0 Å². The molecule has 1 heterocycles. The summed E-state index contributed by atoms with van der Waals surface area (Å²) in [5, 5.41) is 0. The lowest BCUT2D eigenvalue weighted by Gasteiger charge is -2.18. The summed E-state index contributed by atoms with van der Waals surface area (Å²) < 4.78 is 5.82. The van der Waals surface area contributed by atoms with Crippen LogP contribution < -0.4 is 0 Å². The van der Waals surface area contributed by atoms with E-state index in [4.69, 9.17) is 4.74 Å². The van der Waals surface area contributed by atoms with Crippen LogP contribution in [0.25, 0.3) is 0 Å². The SMILES string of the molecule is CC(C)C1=C(Sc2ccccc2)C(=O)C(C)(C)O1. The third-order valence-electron chi connectivity index (χ3n) is 2.83. The highest BCUT2D eigenvalue weighted by Crippen LogP contribution is 2.42. The van der Waals surface area contributed by atoms with Gasteiger partial charge in [-0.3, -0.25) is 4.79 Å². The molecule has 1 aliphatic rings.